The van der Waals surface area contributed by atoms with Gasteiger partial charge in [-0.05, 0) is 60.2 Å². The van der Waals surface area contributed by atoms with Gasteiger partial charge in [-0.2, -0.15) is 4.31 Å². The molecular weight excluding hydrogens is 444 g/mol. The Labute approximate surface area is 202 Å². The zero-order chi connectivity index (χ0) is 23.8. The van der Waals surface area contributed by atoms with E-state index in [2.05, 4.69) is 17.4 Å². The van der Waals surface area contributed by atoms with Gasteiger partial charge in [0, 0.05) is 24.9 Å². The first-order valence-corrected chi connectivity index (χ1v) is 13.2. The predicted molar refractivity (Wildman–Crippen MR) is 137 cm³/mol. The molecule has 0 aliphatic carbocycles. The molecule has 176 valence electrons. The lowest BCUT2D eigenvalue weighted by atomic mass is 10.0. The number of hydrogen-bond donors (Lipinski definition) is 1. The van der Waals surface area contributed by atoms with Crippen molar-refractivity contribution in [3.63, 3.8) is 0 Å². The fourth-order valence-electron chi connectivity index (χ4n) is 4.14. The first kappa shape index (κ1) is 23.9. The van der Waals surface area contributed by atoms with Crippen LogP contribution in [0.2, 0.25) is 0 Å². The van der Waals surface area contributed by atoms with Gasteiger partial charge in [-0.15, -0.1) is 0 Å². The molecule has 1 aliphatic heterocycles. The smallest absolute Gasteiger partial charge is 0.248 e. The van der Waals surface area contributed by atoms with E-state index in [0.29, 0.717) is 18.0 Å². The van der Waals surface area contributed by atoms with Gasteiger partial charge in [-0.1, -0.05) is 73.5 Å². The molecule has 0 unspecified atom stereocenters. The van der Waals surface area contributed by atoms with Gasteiger partial charge in [0.15, 0.2) is 0 Å². The molecule has 1 fully saturated rings. The van der Waals surface area contributed by atoms with Crippen molar-refractivity contribution in [1.29, 1.82) is 0 Å². The quantitative estimate of drug-likeness (QED) is 0.460. The van der Waals surface area contributed by atoms with Crippen molar-refractivity contribution in [1.82, 2.24) is 4.31 Å². The highest BCUT2D eigenvalue weighted by Gasteiger charge is 2.24. The van der Waals surface area contributed by atoms with Gasteiger partial charge < -0.3 is 5.32 Å². The summed E-state index contributed by atoms with van der Waals surface area (Å²) in [6.07, 6.45) is 7.86. The van der Waals surface area contributed by atoms with E-state index in [-0.39, 0.29) is 5.91 Å². The predicted octanol–water partition coefficient (Wildman–Crippen LogP) is 5.49. The third-order valence-electron chi connectivity index (χ3n) is 6.02. The van der Waals surface area contributed by atoms with Crippen LogP contribution in [-0.2, 0) is 21.2 Å². The molecular formula is C28H30N2O3S. The van der Waals surface area contributed by atoms with Crippen molar-refractivity contribution in [2.75, 3.05) is 18.4 Å². The fourth-order valence-corrected chi connectivity index (χ4v) is 5.66. The van der Waals surface area contributed by atoms with Gasteiger partial charge in [0.25, 0.3) is 0 Å². The molecule has 1 N–H and O–H groups in total. The summed E-state index contributed by atoms with van der Waals surface area (Å²) in [7, 11) is -3.47. The molecule has 1 amide bonds. The number of para-hydroxylation sites is 1. The van der Waals surface area contributed by atoms with Crippen LogP contribution >= 0.6 is 0 Å². The van der Waals surface area contributed by atoms with E-state index >= 15 is 0 Å². The molecule has 0 spiro atoms. The first-order chi connectivity index (χ1) is 16.5. The van der Waals surface area contributed by atoms with Gasteiger partial charge in [0.1, 0.15) is 0 Å². The highest BCUT2D eigenvalue weighted by atomic mass is 32.2. The minimum atomic E-state index is -3.47. The highest BCUT2D eigenvalue weighted by molar-refractivity contribution is 7.89. The lowest BCUT2D eigenvalue weighted by Gasteiger charge is -2.19. The molecule has 0 radical (unpaired) electrons. The highest BCUT2D eigenvalue weighted by Crippen LogP contribution is 2.22. The van der Waals surface area contributed by atoms with E-state index < -0.39 is 10.0 Å². The Bertz CT molecular complexity index is 1230. The standard InChI is InChI=1S/C28H30N2O3S/c31-28(29-27-13-7-6-12-25(27)22-24-10-4-3-5-11-24)19-16-23-14-17-26(18-15-23)34(32,33)30-20-8-1-2-9-21-30/h3-7,10-19H,1-2,8-9,20-22H2,(H,29,31). The molecule has 1 aliphatic rings. The average molecular weight is 475 g/mol. The van der Waals surface area contributed by atoms with Crippen LogP contribution in [-0.4, -0.2) is 31.7 Å². The largest absolute Gasteiger partial charge is 0.322 e. The number of nitrogens with zero attached hydrogens (tertiary/aromatic N) is 1. The monoisotopic (exact) mass is 474 g/mol. The molecule has 0 saturated carbocycles. The molecule has 4 rings (SSSR count). The van der Waals surface area contributed by atoms with E-state index in [4.69, 9.17) is 0 Å². The van der Waals surface area contributed by atoms with Crippen LogP contribution in [0.5, 0.6) is 0 Å². The van der Waals surface area contributed by atoms with E-state index in [1.165, 1.54) is 11.6 Å². The Morgan fingerprint density at radius 1 is 0.824 bits per heavy atom. The molecule has 3 aromatic carbocycles. The van der Waals surface area contributed by atoms with Crippen molar-refractivity contribution in [2.24, 2.45) is 0 Å². The Balaban J connectivity index is 1.40. The third-order valence-corrected chi connectivity index (χ3v) is 7.94. The molecule has 1 saturated heterocycles. The zero-order valence-electron chi connectivity index (χ0n) is 19.2. The molecule has 0 bridgehead atoms. The molecule has 5 nitrogen and oxygen atoms in total. The number of anilines is 1. The van der Waals surface area contributed by atoms with Crippen LogP contribution in [0.15, 0.2) is 89.8 Å². The lowest BCUT2D eigenvalue weighted by molar-refractivity contribution is -0.111. The minimum Gasteiger partial charge on any atom is -0.322 e. The number of sulfonamides is 1. The molecule has 0 atom stereocenters. The second-order valence-corrected chi connectivity index (χ2v) is 10.5. The van der Waals surface area contributed by atoms with Gasteiger partial charge in [0.05, 0.1) is 4.90 Å². The van der Waals surface area contributed by atoms with Crippen LogP contribution in [0.1, 0.15) is 42.4 Å². The Morgan fingerprint density at radius 3 is 2.18 bits per heavy atom. The van der Waals surface area contributed by atoms with Gasteiger partial charge in [-0.3, -0.25) is 4.79 Å². The number of nitrogens with one attached hydrogen (secondary N) is 1. The van der Waals surface area contributed by atoms with E-state index in [1.54, 1.807) is 34.6 Å². The maximum atomic E-state index is 12.9. The summed E-state index contributed by atoms with van der Waals surface area (Å²) in [6.45, 7) is 1.16. The van der Waals surface area contributed by atoms with Crippen LogP contribution < -0.4 is 5.32 Å². The summed E-state index contributed by atoms with van der Waals surface area (Å²) in [4.78, 5) is 12.9. The lowest BCUT2D eigenvalue weighted by Crippen LogP contribution is -2.31. The van der Waals surface area contributed by atoms with E-state index in [9.17, 15) is 13.2 Å². The van der Waals surface area contributed by atoms with Crippen molar-refractivity contribution in [3.8, 4) is 0 Å². The topological polar surface area (TPSA) is 66.5 Å². The second kappa shape index (κ2) is 11.3. The number of carbonyl (C=O) groups is 1. The fraction of sp³-hybridized carbons (Fsp3) is 0.250. The summed E-state index contributed by atoms with van der Waals surface area (Å²) >= 11 is 0. The number of amides is 1. The summed E-state index contributed by atoms with van der Waals surface area (Å²) in [6, 6.07) is 24.6. The third kappa shape index (κ3) is 6.22. The van der Waals surface area contributed by atoms with Gasteiger partial charge >= 0.3 is 0 Å². The number of rotatable bonds is 7. The SMILES string of the molecule is O=C(C=Cc1ccc(S(=O)(=O)N2CCCCCC2)cc1)Nc1ccccc1Cc1ccccc1. The maximum Gasteiger partial charge on any atom is 0.248 e. The summed E-state index contributed by atoms with van der Waals surface area (Å²) < 4.78 is 27.4. The van der Waals surface area contributed by atoms with Crippen LogP contribution in [0.25, 0.3) is 6.08 Å². The van der Waals surface area contributed by atoms with Crippen molar-refractivity contribution < 1.29 is 13.2 Å². The summed E-state index contributed by atoms with van der Waals surface area (Å²) in [5, 5.41) is 2.96. The Kier molecular flexibility index (Phi) is 7.93. The Morgan fingerprint density at radius 2 is 1.47 bits per heavy atom. The second-order valence-electron chi connectivity index (χ2n) is 8.53. The van der Waals surface area contributed by atoms with Gasteiger partial charge in [-0.25, -0.2) is 8.42 Å². The van der Waals surface area contributed by atoms with Crippen molar-refractivity contribution >= 4 is 27.7 Å². The maximum absolute atomic E-state index is 12.9. The molecule has 1 heterocycles. The molecule has 3 aromatic rings. The molecule has 6 heteroatoms. The van der Waals surface area contributed by atoms with E-state index in [1.807, 2.05) is 42.5 Å². The minimum absolute atomic E-state index is 0.234. The van der Waals surface area contributed by atoms with Crippen LogP contribution in [0.3, 0.4) is 0 Å². The Hall–Kier alpha value is -3.22. The van der Waals surface area contributed by atoms with Crippen molar-refractivity contribution in [2.45, 2.75) is 37.0 Å². The summed E-state index contributed by atoms with van der Waals surface area (Å²) in [5.74, 6) is -0.234. The van der Waals surface area contributed by atoms with Gasteiger partial charge in [0.2, 0.25) is 15.9 Å². The number of carbonyl (C=O) groups excluding carboxylic acids is 1. The van der Waals surface area contributed by atoms with E-state index in [0.717, 1.165) is 48.9 Å². The normalized spacial score (nSPS) is 15.2. The summed E-state index contributed by atoms with van der Waals surface area (Å²) in [5.41, 5.74) is 3.76. The van der Waals surface area contributed by atoms with Crippen LogP contribution in [0.4, 0.5) is 5.69 Å². The van der Waals surface area contributed by atoms with Crippen molar-refractivity contribution in [3.05, 3.63) is 102 Å². The average Bonchev–Trinajstić information content (AvgIpc) is 3.15. The van der Waals surface area contributed by atoms with Crippen LogP contribution in [0, 0.1) is 0 Å². The number of benzene rings is 3. The molecule has 0 aromatic heterocycles. The zero-order valence-corrected chi connectivity index (χ0v) is 20.0. The first-order valence-electron chi connectivity index (χ1n) is 11.7. The molecule has 34 heavy (non-hydrogen) atoms. The number of hydrogen-bond acceptors (Lipinski definition) is 3.